The second-order valence-corrected chi connectivity index (χ2v) is 17.6. The highest BCUT2D eigenvalue weighted by Crippen LogP contribution is 2.43. The molecule has 3 N–H and O–H groups in total. The summed E-state index contributed by atoms with van der Waals surface area (Å²) in [5.41, 5.74) is 0. The summed E-state index contributed by atoms with van der Waals surface area (Å²) in [5, 5.41) is 18.4. The Morgan fingerprint density at radius 2 is 0.965 bits per heavy atom. The van der Waals surface area contributed by atoms with E-state index < -0.39 is 33.2 Å². The molecule has 3 unspecified atom stereocenters. The van der Waals surface area contributed by atoms with Crippen molar-refractivity contribution in [3.05, 3.63) is 24.3 Å². The van der Waals surface area contributed by atoms with Crippen molar-refractivity contribution >= 4 is 13.8 Å². The SMILES string of the molecule is CCCC/C=C\C/C=C\CCCCCCCCOCC(COP(=O)(O)OCC(O)CO)OC(=O)CCCCCCCCCCCCCCCCCCCCCCC. The van der Waals surface area contributed by atoms with Gasteiger partial charge < -0.3 is 24.6 Å². The molecule has 0 bridgehead atoms. The quantitative estimate of drug-likeness (QED) is 0.0237. The number of phosphoric ester groups is 1. The molecule has 0 amide bonds. The van der Waals surface area contributed by atoms with Gasteiger partial charge in [-0.2, -0.15) is 0 Å². The number of esters is 1. The molecule has 0 aliphatic carbocycles. The standard InChI is InChI=1S/C47H91O9P/c1-3-5-7-9-11-13-15-17-19-20-21-22-23-24-25-27-29-31-33-35-37-39-47(50)56-46(44-55-57(51,52)54-42-45(49)41-48)43-53-40-38-36-34-32-30-28-26-18-16-14-12-10-8-6-4-2/h10,12,16,18,45-46,48-49H,3-9,11,13-15,17,19-44H2,1-2H3,(H,51,52)/b12-10-,18-16-. The number of carbonyl (C=O) groups excluding carboxylic acids is 1. The monoisotopic (exact) mass is 831 g/mol. The molecule has 0 saturated carbocycles. The van der Waals surface area contributed by atoms with E-state index in [-0.39, 0.29) is 25.6 Å². The van der Waals surface area contributed by atoms with Gasteiger partial charge in [0.05, 0.1) is 26.4 Å². The Morgan fingerprint density at radius 3 is 1.46 bits per heavy atom. The maximum atomic E-state index is 12.7. The highest BCUT2D eigenvalue weighted by atomic mass is 31.2. The van der Waals surface area contributed by atoms with Gasteiger partial charge >= 0.3 is 13.8 Å². The number of ether oxygens (including phenoxy) is 2. The van der Waals surface area contributed by atoms with E-state index in [9.17, 15) is 19.4 Å². The Hall–Kier alpha value is -1.06. The van der Waals surface area contributed by atoms with Gasteiger partial charge in [-0.1, -0.05) is 205 Å². The third-order valence-corrected chi connectivity index (χ3v) is 11.3. The first-order valence-electron chi connectivity index (χ1n) is 23.8. The molecule has 0 radical (unpaired) electrons. The predicted octanol–water partition coefficient (Wildman–Crippen LogP) is 13.4. The van der Waals surface area contributed by atoms with E-state index in [2.05, 4.69) is 38.2 Å². The van der Waals surface area contributed by atoms with Crippen molar-refractivity contribution in [3.63, 3.8) is 0 Å². The molecule has 0 aromatic heterocycles. The molecule has 0 saturated heterocycles. The lowest BCUT2D eigenvalue weighted by molar-refractivity contribution is -0.154. The van der Waals surface area contributed by atoms with Crippen LogP contribution in [0.4, 0.5) is 0 Å². The number of hydrogen-bond acceptors (Lipinski definition) is 8. The van der Waals surface area contributed by atoms with E-state index in [4.69, 9.17) is 23.6 Å². The number of phosphoric acid groups is 1. The lowest BCUT2D eigenvalue weighted by Gasteiger charge is -2.20. The molecule has 0 aromatic rings. The van der Waals surface area contributed by atoms with E-state index in [1.54, 1.807) is 0 Å². The average molecular weight is 831 g/mol. The number of allylic oxidation sites excluding steroid dienone is 4. The zero-order valence-electron chi connectivity index (χ0n) is 37.1. The van der Waals surface area contributed by atoms with Crippen molar-refractivity contribution in [2.45, 2.75) is 238 Å². The first kappa shape index (κ1) is 55.9. The lowest BCUT2D eigenvalue weighted by Crippen LogP contribution is -2.29. The van der Waals surface area contributed by atoms with E-state index in [0.717, 1.165) is 51.4 Å². The fraction of sp³-hybridized carbons (Fsp3) is 0.894. The van der Waals surface area contributed by atoms with Crippen LogP contribution in [0.2, 0.25) is 0 Å². The van der Waals surface area contributed by atoms with Gasteiger partial charge in [0.25, 0.3) is 0 Å². The van der Waals surface area contributed by atoms with Crippen molar-refractivity contribution in [2.24, 2.45) is 0 Å². The van der Waals surface area contributed by atoms with Crippen LogP contribution in [0.5, 0.6) is 0 Å². The van der Waals surface area contributed by atoms with Gasteiger partial charge in [-0.15, -0.1) is 0 Å². The van der Waals surface area contributed by atoms with E-state index in [1.165, 1.54) is 154 Å². The maximum Gasteiger partial charge on any atom is 0.472 e. The molecule has 0 fully saturated rings. The lowest BCUT2D eigenvalue weighted by atomic mass is 10.0. The van der Waals surface area contributed by atoms with Crippen LogP contribution in [0.25, 0.3) is 0 Å². The van der Waals surface area contributed by atoms with Crippen LogP contribution < -0.4 is 0 Å². The summed E-state index contributed by atoms with van der Waals surface area (Å²) in [7, 11) is -4.52. The van der Waals surface area contributed by atoms with E-state index in [1.807, 2.05) is 0 Å². The Bertz CT molecular complexity index is 944. The summed E-state index contributed by atoms with van der Waals surface area (Å²) in [6.45, 7) is 3.50. The molecule has 0 aliphatic rings. The molecule has 0 heterocycles. The van der Waals surface area contributed by atoms with Gasteiger partial charge in [0.1, 0.15) is 12.2 Å². The van der Waals surface area contributed by atoms with Crippen LogP contribution in [0.15, 0.2) is 24.3 Å². The van der Waals surface area contributed by atoms with Crippen LogP contribution in [0, 0.1) is 0 Å². The summed E-state index contributed by atoms with van der Waals surface area (Å²) in [6.07, 6.45) is 47.1. The Morgan fingerprint density at radius 1 is 0.544 bits per heavy atom. The average Bonchev–Trinajstić information content (AvgIpc) is 3.20. The second kappa shape index (κ2) is 44.5. The van der Waals surface area contributed by atoms with Crippen LogP contribution in [0.3, 0.4) is 0 Å². The van der Waals surface area contributed by atoms with Gasteiger partial charge in [0.15, 0.2) is 0 Å². The minimum atomic E-state index is -4.52. The highest BCUT2D eigenvalue weighted by molar-refractivity contribution is 7.47. The molecule has 9 nitrogen and oxygen atoms in total. The predicted molar refractivity (Wildman–Crippen MR) is 238 cm³/mol. The van der Waals surface area contributed by atoms with E-state index >= 15 is 0 Å². The largest absolute Gasteiger partial charge is 0.472 e. The molecule has 10 heteroatoms. The minimum absolute atomic E-state index is 0.0461. The molecule has 338 valence electrons. The van der Waals surface area contributed by atoms with Gasteiger partial charge in [-0.25, -0.2) is 4.57 Å². The summed E-state index contributed by atoms with van der Waals surface area (Å²) < 4.78 is 33.4. The Labute approximate surface area is 351 Å². The summed E-state index contributed by atoms with van der Waals surface area (Å²) in [5.74, 6) is -0.382. The zero-order chi connectivity index (χ0) is 41.8. The molecule has 0 rings (SSSR count). The van der Waals surface area contributed by atoms with Crippen LogP contribution in [0.1, 0.15) is 226 Å². The normalized spacial score (nSPS) is 14.1. The van der Waals surface area contributed by atoms with Gasteiger partial charge in [0, 0.05) is 13.0 Å². The Balaban J connectivity index is 4.07. The van der Waals surface area contributed by atoms with E-state index in [0.29, 0.717) is 6.61 Å². The number of aliphatic hydroxyl groups excluding tert-OH is 2. The van der Waals surface area contributed by atoms with Crippen LogP contribution in [-0.4, -0.2) is 66.3 Å². The van der Waals surface area contributed by atoms with Crippen LogP contribution in [-0.2, 0) is 27.9 Å². The number of rotatable bonds is 46. The number of carbonyl (C=O) groups is 1. The van der Waals surface area contributed by atoms with Crippen molar-refractivity contribution in [1.82, 2.24) is 0 Å². The topological polar surface area (TPSA) is 132 Å². The summed E-state index contributed by atoms with van der Waals surface area (Å²) in [6, 6.07) is 0. The van der Waals surface area contributed by atoms with Crippen molar-refractivity contribution in [3.8, 4) is 0 Å². The molecule has 3 atom stereocenters. The fourth-order valence-corrected chi connectivity index (χ4v) is 7.52. The number of hydrogen-bond donors (Lipinski definition) is 3. The summed E-state index contributed by atoms with van der Waals surface area (Å²) in [4.78, 5) is 22.6. The van der Waals surface area contributed by atoms with Crippen molar-refractivity contribution < 1.29 is 43.0 Å². The molecule has 0 aromatic carbocycles. The van der Waals surface area contributed by atoms with Gasteiger partial charge in [-0.3, -0.25) is 13.8 Å². The maximum absolute atomic E-state index is 12.7. The zero-order valence-corrected chi connectivity index (χ0v) is 38.0. The number of unbranched alkanes of at least 4 members (excludes halogenated alkanes) is 28. The van der Waals surface area contributed by atoms with Crippen LogP contribution >= 0.6 is 7.82 Å². The third kappa shape index (κ3) is 44.3. The minimum Gasteiger partial charge on any atom is -0.457 e. The molecule has 57 heavy (non-hydrogen) atoms. The first-order valence-corrected chi connectivity index (χ1v) is 25.3. The smallest absolute Gasteiger partial charge is 0.457 e. The Kier molecular flexibility index (Phi) is 43.7. The third-order valence-electron chi connectivity index (χ3n) is 10.4. The molecule has 0 aliphatic heterocycles. The van der Waals surface area contributed by atoms with Crippen molar-refractivity contribution in [1.29, 1.82) is 0 Å². The number of aliphatic hydroxyl groups is 2. The first-order chi connectivity index (χ1) is 27.8. The fourth-order valence-electron chi connectivity index (χ4n) is 6.73. The second-order valence-electron chi connectivity index (χ2n) is 16.1. The highest BCUT2D eigenvalue weighted by Gasteiger charge is 2.26. The molecular formula is C47H91O9P. The van der Waals surface area contributed by atoms with Crippen molar-refractivity contribution in [2.75, 3.05) is 33.0 Å². The summed E-state index contributed by atoms with van der Waals surface area (Å²) >= 11 is 0. The molecular weight excluding hydrogens is 739 g/mol. The van der Waals surface area contributed by atoms with Gasteiger partial charge in [-0.05, 0) is 38.5 Å². The van der Waals surface area contributed by atoms with Gasteiger partial charge in [0.2, 0.25) is 0 Å². The molecule has 0 spiro atoms.